The fourth-order valence-electron chi connectivity index (χ4n) is 3.45. The molecule has 1 amide bonds. The smallest absolute Gasteiger partial charge is 0.257 e. The Labute approximate surface area is 187 Å². The van der Waals surface area contributed by atoms with Crippen molar-refractivity contribution in [3.05, 3.63) is 88.1 Å². The lowest BCUT2D eigenvalue weighted by atomic mass is 10.1. The molecule has 0 aliphatic carbocycles. The van der Waals surface area contributed by atoms with E-state index in [-0.39, 0.29) is 11.3 Å². The zero-order valence-corrected chi connectivity index (χ0v) is 18.2. The first-order valence-corrected chi connectivity index (χ1v) is 10.7. The van der Waals surface area contributed by atoms with Crippen LogP contribution in [0.5, 0.6) is 5.75 Å². The van der Waals surface area contributed by atoms with E-state index < -0.39 is 0 Å². The number of aromatic nitrogens is 1. The molecule has 0 fully saturated rings. The van der Waals surface area contributed by atoms with Crippen LogP contribution in [0.1, 0.15) is 15.9 Å². The van der Waals surface area contributed by atoms with Gasteiger partial charge in [0.1, 0.15) is 17.1 Å². The van der Waals surface area contributed by atoms with Crippen molar-refractivity contribution in [3.63, 3.8) is 0 Å². The molecule has 1 N–H and O–H groups in total. The highest BCUT2D eigenvalue weighted by molar-refractivity contribution is 7.22. The van der Waals surface area contributed by atoms with E-state index in [2.05, 4.69) is 10.3 Å². The molecule has 6 nitrogen and oxygen atoms in total. The molecule has 0 radical (unpaired) electrons. The van der Waals surface area contributed by atoms with E-state index in [1.165, 1.54) is 17.4 Å². The topological polar surface area (TPSA) is 81.4 Å². The molecule has 2 heterocycles. The number of hydrogen-bond acceptors (Lipinski definition) is 6. The third kappa shape index (κ3) is 3.74. The highest BCUT2D eigenvalue weighted by Gasteiger charge is 2.12. The summed E-state index contributed by atoms with van der Waals surface area (Å²) >= 11 is 1.38. The standard InChI is InChI=1S/C25H18N2O4S/c1-14-3-10-21-18(11-14)20(28)13-22(31-21)15-4-6-16(7-5-15)24(29)27-25-26-19-9-8-17(30-2)12-23(19)32-25/h3-13H,1-2H3,(H,26,27,29). The predicted molar refractivity (Wildman–Crippen MR) is 127 cm³/mol. The number of carbonyl (C=O) groups is 1. The van der Waals surface area contributed by atoms with Crippen molar-refractivity contribution in [2.45, 2.75) is 6.92 Å². The SMILES string of the molecule is COc1ccc2nc(NC(=O)c3ccc(-c4cc(=O)c5cc(C)ccc5o4)cc3)sc2c1. The number of amides is 1. The van der Waals surface area contributed by atoms with E-state index in [0.29, 0.717) is 33.0 Å². The highest BCUT2D eigenvalue weighted by atomic mass is 32.1. The van der Waals surface area contributed by atoms with E-state index >= 15 is 0 Å². The number of benzene rings is 3. The van der Waals surface area contributed by atoms with Gasteiger partial charge in [-0.05, 0) is 49.4 Å². The lowest BCUT2D eigenvalue weighted by Crippen LogP contribution is -2.11. The zero-order valence-electron chi connectivity index (χ0n) is 17.3. The van der Waals surface area contributed by atoms with Crippen LogP contribution in [0.3, 0.4) is 0 Å². The summed E-state index contributed by atoms with van der Waals surface area (Å²) in [5.74, 6) is 0.932. The Morgan fingerprint density at radius 2 is 1.84 bits per heavy atom. The Bertz CT molecular complexity index is 1530. The van der Waals surface area contributed by atoms with Crippen LogP contribution in [0.25, 0.3) is 32.5 Å². The molecule has 0 saturated carbocycles. The van der Waals surface area contributed by atoms with E-state index in [0.717, 1.165) is 21.5 Å². The monoisotopic (exact) mass is 442 g/mol. The summed E-state index contributed by atoms with van der Waals surface area (Å²) in [6, 6.07) is 19.5. The first-order valence-electron chi connectivity index (χ1n) is 9.91. The van der Waals surface area contributed by atoms with Gasteiger partial charge >= 0.3 is 0 Å². The number of fused-ring (bicyclic) bond motifs is 2. The number of thiazole rings is 1. The largest absolute Gasteiger partial charge is 0.497 e. The van der Waals surface area contributed by atoms with Crippen LogP contribution in [-0.4, -0.2) is 18.0 Å². The van der Waals surface area contributed by atoms with Crippen molar-refractivity contribution < 1.29 is 13.9 Å². The summed E-state index contributed by atoms with van der Waals surface area (Å²) in [4.78, 5) is 29.6. The third-order valence-electron chi connectivity index (χ3n) is 5.13. The first kappa shape index (κ1) is 20.0. The molecule has 0 atom stereocenters. The van der Waals surface area contributed by atoms with E-state index in [9.17, 15) is 9.59 Å². The maximum atomic E-state index is 12.7. The van der Waals surface area contributed by atoms with Crippen LogP contribution in [0.2, 0.25) is 0 Å². The lowest BCUT2D eigenvalue weighted by Gasteiger charge is -2.06. The van der Waals surface area contributed by atoms with Gasteiger partial charge in [0.15, 0.2) is 10.6 Å². The molecule has 0 unspecified atom stereocenters. The Kier molecular flexibility index (Phi) is 4.95. The van der Waals surface area contributed by atoms with Gasteiger partial charge in [-0.1, -0.05) is 35.1 Å². The number of rotatable bonds is 4. The molecular formula is C25H18N2O4S. The average molecular weight is 442 g/mol. The number of nitrogens with zero attached hydrogens (tertiary/aromatic N) is 1. The van der Waals surface area contributed by atoms with Gasteiger partial charge in [-0.3, -0.25) is 14.9 Å². The van der Waals surface area contributed by atoms with Gasteiger partial charge < -0.3 is 9.15 Å². The molecular weight excluding hydrogens is 424 g/mol. The number of hydrogen-bond donors (Lipinski definition) is 1. The van der Waals surface area contributed by atoms with Crippen molar-refractivity contribution in [2.24, 2.45) is 0 Å². The van der Waals surface area contributed by atoms with Crippen LogP contribution in [0.4, 0.5) is 5.13 Å². The molecule has 2 aromatic heterocycles. The molecule has 0 aliphatic rings. The van der Waals surface area contributed by atoms with Gasteiger partial charge in [0.25, 0.3) is 5.91 Å². The molecule has 0 bridgehead atoms. The highest BCUT2D eigenvalue weighted by Crippen LogP contribution is 2.29. The van der Waals surface area contributed by atoms with Gasteiger partial charge in [-0.15, -0.1) is 0 Å². The summed E-state index contributed by atoms with van der Waals surface area (Å²) in [6.07, 6.45) is 0. The number of aryl methyl sites for hydroxylation is 1. The fourth-order valence-corrected chi connectivity index (χ4v) is 4.34. The number of ether oxygens (including phenoxy) is 1. The van der Waals surface area contributed by atoms with E-state index in [1.54, 1.807) is 37.4 Å². The molecule has 0 saturated heterocycles. The lowest BCUT2D eigenvalue weighted by molar-refractivity contribution is 0.102. The molecule has 7 heteroatoms. The van der Waals surface area contributed by atoms with Crippen molar-refractivity contribution in [3.8, 4) is 17.1 Å². The molecule has 158 valence electrons. The Morgan fingerprint density at radius 3 is 2.62 bits per heavy atom. The number of methoxy groups -OCH3 is 1. The minimum absolute atomic E-state index is 0.0979. The first-order chi connectivity index (χ1) is 15.5. The Hall–Kier alpha value is -3.97. The maximum absolute atomic E-state index is 12.7. The molecule has 5 rings (SSSR count). The van der Waals surface area contributed by atoms with Crippen molar-refractivity contribution in [1.29, 1.82) is 0 Å². The minimum Gasteiger partial charge on any atom is -0.497 e. The molecule has 3 aromatic carbocycles. The Morgan fingerprint density at radius 1 is 1.03 bits per heavy atom. The summed E-state index contributed by atoms with van der Waals surface area (Å²) < 4.78 is 12.1. The summed E-state index contributed by atoms with van der Waals surface area (Å²) in [7, 11) is 1.61. The fraction of sp³-hybridized carbons (Fsp3) is 0.0800. The van der Waals surface area contributed by atoms with Gasteiger partial charge in [-0.25, -0.2) is 4.98 Å². The quantitative estimate of drug-likeness (QED) is 0.390. The second-order valence-electron chi connectivity index (χ2n) is 7.36. The predicted octanol–water partition coefficient (Wildman–Crippen LogP) is 5.64. The van der Waals surface area contributed by atoms with Crippen molar-refractivity contribution >= 4 is 43.6 Å². The normalized spacial score (nSPS) is 11.1. The van der Waals surface area contributed by atoms with Gasteiger partial charge in [0, 0.05) is 17.2 Å². The molecule has 5 aromatic rings. The van der Waals surface area contributed by atoms with Crippen LogP contribution in [0.15, 0.2) is 75.9 Å². The molecule has 0 spiro atoms. The average Bonchev–Trinajstić information content (AvgIpc) is 3.20. The zero-order chi connectivity index (χ0) is 22.2. The van der Waals surface area contributed by atoms with Crippen LogP contribution in [-0.2, 0) is 0 Å². The summed E-state index contributed by atoms with van der Waals surface area (Å²) in [5, 5.41) is 3.90. The molecule has 32 heavy (non-hydrogen) atoms. The van der Waals surface area contributed by atoms with Crippen LogP contribution < -0.4 is 15.5 Å². The maximum Gasteiger partial charge on any atom is 0.257 e. The number of nitrogens with one attached hydrogen (secondary N) is 1. The van der Waals surface area contributed by atoms with E-state index in [4.69, 9.17) is 9.15 Å². The van der Waals surface area contributed by atoms with Gasteiger partial charge in [-0.2, -0.15) is 0 Å². The van der Waals surface area contributed by atoms with Gasteiger partial charge in [0.05, 0.1) is 22.7 Å². The molecule has 0 aliphatic heterocycles. The summed E-state index contributed by atoms with van der Waals surface area (Å²) in [5.41, 5.74) is 3.42. The van der Waals surface area contributed by atoms with Crippen molar-refractivity contribution in [2.75, 3.05) is 12.4 Å². The van der Waals surface area contributed by atoms with E-state index in [1.807, 2.05) is 37.3 Å². The second kappa shape index (κ2) is 7.94. The van der Waals surface area contributed by atoms with Gasteiger partial charge in [0.2, 0.25) is 0 Å². The number of carbonyl (C=O) groups excluding carboxylic acids is 1. The number of anilines is 1. The summed E-state index contributed by atoms with van der Waals surface area (Å²) in [6.45, 7) is 1.93. The Balaban J connectivity index is 1.38. The van der Waals surface area contributed by atoms with Crippen LogP contribution in [0, 0.1) is 6.92 Å². The second-order valence-corrected chi connectivity index (χ2v) is 8.39. The van der Waals surface area contributed by atoms with Crippen molar-refractivity contribution in [1.82, 2.24) is 4.98 Å². The minimum atomic E-state index is -0.266. The third-order valence-corrected chi connectivity index (χ3v) is 6.06. The van der Waals surface area contributed by atoms with Crippen LogP contribution >= 0.6 is 11.3 Å².